The van der Waals surface area contributed by atoms with Crippen molar-refractivity contribution in [3.63, 3.8) is 0 Å². The van der Waals surface area contributed by atoms with Gasteiger partial charge in [0.2, 0.25) is 5.95 Å². The van der Waals surface area contributed by atoms with E-state index in [2.05, 4.69) is 10.3 Å². The molecule has 1 aromatic heterocycles. The van der Waals surface area contributed by atoms with Crippen molar-refractivity contribution in [1.82, 2.24) is 9.55 Å². The zero-order valence-corrected chi connectivity index (χ0v) is 12.2. The molecule has 2 rings (SSSR count). The lowest BCUT2D eigenvalue weighted by molar-refractivity contribution is -0.137. The number of imidazole rings is 1. The molecule has 3 nitrogen and oxygen atoms in total. The Hall–Kier alpha value is -1.98. The second-order valence-corrected chi connectivity index (χ2v) is 5.33. The number of nitrogens with zero attached hydrogens (tertiary/aromatic N) is 2. The molecule has 0 saturated carbocycles. The molecule has 0 aliphatic heterocycles. The molecule has 0 fully saturated rings. The number of aromatic nitrogens is 2. The zero-order chi connectivity index (χ0) is 15.6. The van der Waals surface area contributed by atoms with Crippen LogP contribution in [0.3, 0.4) is 0 Å². The fraction of sp³-hybridized carbons (Fsp3) is 0.400. The summed E-state index contributed by atoms with van der Waals surface area (Å²) in [6, 6.07) is 5.57. The lowest BCUT2D eigenvalue weighted by Gasteiger charge is -2.13. The van der Waals surface area contributed by atoms with Gasteiger partial charge in [-0.1, -0.05) is 12.1 Å². The summed E-state index contributed by atoms with van der Waals surface area (Å²) in [6.45, 7) is 6.17. The van der Waals surface area contributed by atoms with Gasteiger partial charge in [-0.25, -0.2) is 4.98 Å². The molecule has 0 aliphatic rings. The zero-order valence-electron chi connectivity index (χ0n) is 12.2. The Morgan fingerprint density at radius 2 is 2.00 bits per heavy atom. The SMILES string of the molecule is Cc1cn(Cc2cccc(C(F)(F)F)c2)c(NC(C)C)n1. The highest BCUT2D eigenvalue weighted by molar-refractivity contribution is 5.32. The number of benzene rings is 1. The van der Waals surface area contributed by atoms with Crippen LogP contribution in [0.2, 0.25) is 0 Å². The Balaban J connectivity index is 2.26. The van der Waals surface area contributed by atoms with Crippen molar-refractivity contribution in [3.05, 3.63) is 47.3 Å². The average Bonchev–Trinajstić information content (AvgIpc) is 2.68. The van der Waals surface area contributed by atoms with Gasteiger partial charge in [0.05, 0.1) is 17.8 Å². The number of anilines is 1. The molecule has 1 aromatic carbocycles. The number of nitrogens with one attached hydrogen (secondary N) is 1. The topological polar surface area (TPSA) is 29.9 Å². The molecule has 0 radical (unpaired) electrons. The van der Waals surface area contributed by atoms with Gasteiger partial charge in [-0.3, -0.25) is 0 Å². The normalized spacial score (nSPS) is 12.0. The van der Waals surface area contributed by atoms with Crippen LogP contribution in [0.5, 0.6) is 0 Å². The monoisotopic (exact) mass is 297 g/mol. The van der Waals surface area contributed by atoms with Gasteiger partial charge in [0.25, 0.3) is 0 Å². The van der Waals surface area contributed by atoms with Gasteiger partial charge >= 0.3 is 6.18 Å². The van der Waals surface area contributed by atoms with E-state index < -0.39 is 11.7 Å². The van der Waals surface area contributed by atoms with E-state index in [4.69, 9.17) is 0 Å². The number of halogens is 3. The van der Waals surface area contributed by atoms with E-state index in [9.17, 15) is 13.2 Å². The number of aryl methyl sites for hydroxylation is 1. The van der Waals surface area contributed by atoms with E-state index in [1.54, 1.807) is 6.07 Å². The molecular weight excluding hydrogens is 279 g/mol. The van der Waals surface area contributed by atoms with Crippen molar-refractivity contribution < 1.29 is 13.2 Å². The van der Waals surface area contributed by atoms with Gasteiger partial charge in [0.15, 0.2) is 0 Å². The van der Waals surface area contributed by atoms with E-state index in [-0.39, 0.29) is 6.04 Å². The van der Waals surface area contributed by atoms with Gasteiger partial charge < -0.3 is 9.88 Å². The minimum absolute atomic E-state index is 0.201. The van der Waals surface area contributed by atoms with Crippen LogP contribution >= 0.6 is 0 Å². The number of hydrogen-bond donors (Lipinski definition) is 1. The molecule has 2 aromatic rings. The molecule has 1 heterocycles. The fourth-order valence-corrected chi connectivity index (χ4v) is 2.08. The first-order chi connectivity index (χ1) is 9.75. The van der Waals surface area contributed by atoms with Gasteiger partial charge in [0, 0.05) is 12.2 Å². The molecule has 6 heteroatoms. The molecule has 0 bridgehead atoms. The quantitative estimate of drug-likeness (QED) is 0.921. The summed E-state index contributed by atoms with van der Waals surface area (Å²) < 4.78 is 40.0. The summed E-state index contributed by atoms with van der Waals surface area (Å²) in [5.74, 6) is 0.667. The largest absolute Gasteiger partial charge is 0.416 e. The first-order valence-corrected chi connectivity index (χ1v) is 6.72. The standard InChI is InChI=1S/C15H18F3N3/c1-10(2)19-14-20-11(3)8-21(14)9-12-5-4-6-13(7-12)15(16,17)18/h4-8,10H,9H2,1-3H3,(H,19,20). The number of rotatable bonds is 4. The third-order valence-corrected chi connectivity index (χ3v) is 2.92. The molecule has 0 atom stereocenters. The van der Waals surface area contributed by atoms with Crippen molar-refractivity contribution in [3.8, 4) is 0 Å². The number of alkyl halides is 3. The fourth-order valence-electron chi connectivity index (χ4n) is 2.08. The summed E-state index contributed by atoms with van der Waals surface area (Å²) in [4.78, 5) is 4.35. The van der Waals surface area contributed by atoms with Crippen molar-refractivity contribution >= 4 is 5.95 Å². The molecule has 0 spiro atoms. The lowest BCUT2D eigenvalue weighted by Crippen LogP contribution is -2.15. The van der Waals surface area contributed by atoms with Crippen LogP contribution in [0, 0.1) is 6.92 Å². The Labute approximate surface area is 121 Å². The lowest BCUT2D eigenvalue weighted by atomic mass is 10.1. The molecule has 0 saturated heterocycles. The minimum Gasteiger partial charge on any atom is -0.353 e. The predicted molar refractivity (Wildman–Crippen MR) is 76.3 cm³/mol. The Kier molecular flexibility index (Phi) is 4.25. The van der Waals surface area contributed by atoms with Crippen molar-refractivity contribution in [2.45, 2.75) is 39.5 Å². The van der Waals surface area contributed by atoms with Gasteiger partial charge in [-0.15, -0.1) is 0 Å². The van der Waals surface area contributed by atoms with Gasteiger partial charge in [-0.2, -0.15) is 13.2 Å². The van der Waals surface area contributed by atoms with E-state index >= 15 is 0 Å². The summed E-state index contributed by atoms with van der Waals surface area (Å²) in [5, 5.41) is 3.19. The van der Waals surface area contributed by atoms with Gasteiger partial charge in [0.1, 0.15) is 0 Å². The first-order valence-electron chi connectivity index (χ1n) is 6.72. The van der Waals surface area contributed by atoms with Crippen LogP contribution in [0.4, 0.5) is 19.1 Å². The van der Waals surface area contributed by atoms with Crippen LogP contribution in [0.15, 0.2) is 30.5 Å². The summed E-state index contributed by atoms with van der Waals surface area (Å²) in [5.41, 5.74) is 0.786. The van der Waals surface area contributed by atoms with E-state index in [0.717, 1.165) is 11.8 Å². The van der Waals surface area contributed by atoms with E-state index in [0.29, 0.717) is 18.1 Å². The minimum atomic E-state index is -4.32. The Morgan fingerprint density at radius 1 is 1.29 bits per heavy atom. The predicted octanol–water partition coefficient (Wildman–Crippen LogP) is 4.08. The highest BCUT2D eigenvalue weighted by atomic mass is 19.4. The molecule has 21 heavy (non-hydrogen) atoms. The van der Waals surface area contributed by atoms with E-state index in [1.807, 2.05) is 31.5 Å². The van der Waals surface area contributed by atoms with E-state index in [1.165, 1.54) is 12.1 Å². The summed E-state index contributed by atoms with van der Waals surface area (Å²) >= 11 is 0. The molecule has 1 N–H and O–H groups in total. The maximum atomic E-state index is 12.7. The highest BCUT2D eigenvalue weighted by Crippen LogP contribution is 2.29. The highest BCUT2D eigenvalue weighted by Gasteiger charge is 2.30. The summed E-state index contributed by atoms with van der Waals surface area (Å²) in [7, 11) is 0. The third kappa shape index (κ3) is 4.00. The van der Waals surface area contributed by atoms with Crippen molar-refractivity contribution in [2.24, 2.45) is 0 Å². The Bertz CT molecular complexity index is 615. The van der Waals surface area contributed by atoms with Crippen molar-refractivity contribution in [1.29, 1.82) is 0 Å². The molecule has 0 unspecified atom stereocenters. The average molecular weight is 297 g/mol. The maximum absolute atomic E-state index is 12.7. The smallest absolute Gasteiger partial charge is 0.353 e. The second-order valence-electron chi connectivity index (χ2n) is 5.33. The number of hydrogen-bond acceptors (Lipinski definition) is 2. The molecular formula is C15H18F3N3. The van der Waals surface area contributed by atoms with Crippen LogP contribution < -0.4 is 5.32 Å². The van der Waals surface area contributed by atoms with Crippen LogP contribution in [0.25, 0.3) is 0 Å². The molecule has 0 aliphatic carbocycles. The van der Waals surface area contributed by atoms with Crippen LogP contribution in [-0.2, 0) is 12.7 Å². The first kappa shape index (κ1) is 15.4. The van der Waals surface area contributed by atoms with Crippen LogP contribution in [-0.4, -0.2) is 15.6 Å². The third-order valence-electron chi connectivity index (χ3n) is 2.92. The van der Waals surface area contributed by atoms with Crippen LogP contribution in [0.1, 0.15) is 30.7 Å². The molecule has 114 valence electrons. The Morgan fingerprint density at radius 3 is 2.62 bits per heavy atom. The second kappa shape index (κ2) is 5.79. The van der Waals surface area contributed by atoms with Gasteiger partial charge in [-0.05, 0) is 38.5 Å². The molecule has 0 amide bonds. The van der Waals surface area contributed by atoms with Crippen molar-refractivity contribution in [2.75, 3.05) is 5.32 Å². The summed E-state index contributed by atoms with van der Waals surface area (Å²) in [6.07, 6.45) is -2.50. The maximum Gasteiger partial charge on any atom is 0.416 e.